The number of hydrogen-bond acceptors (Lipinski definition) is 6. The molecule has 0 aliphatic heterocycles. The third-order valence-electron chi connectivity index (χ3n) is 4.61. The lowest BCUT2D eigenvalue weighted by Crippen LogP contribution is -2.17. The van der Waals surface area contributed by atoms with Gasteiger partial charge in [0.1, 0.15) is 17.9 Å². The Morgan fingerprint density at radius 1 is 1.14 bits per heavy atom. The minimum atomic E-state index is -0.140. The Kier molecular flexibility index (Phi) is 4.94. The van der Waals surface area contributed by atoms with Crippen molar-refractivity contribution in [2.75, 3.05) is 26.1 Å². The number of imidazole rings is 1. The summed E-state index contributed by atoms with van der Waals surface area (Å²) in [6, 6.07) is 11.4. The van der Waals surface area contributed by atoms with Crippen molar-refractivity contribution in [2.45, 2.75) is 13.0 Å². The number of nitrogens with zero attached hydrogens (tertiary/aromatic N) is 3. The lowest BCUT2D eigenvalue weighted by Gasteiger charge is -2.09. The van der Waals surface area contributed by atoms with Crippen molar-refractivity contribution in [1.29, 1.82) is 0 Å². The Morgan fingerprint density at radius 2 is 1.96 bits per heavy atom. The van der Waals surface area contributed by atoms with E-state index in [2.05, 4.69) is 20.3 Å². The monoisotopic (exact) mass is 379 g/mol. The van der Waals surface area contributed by atoms with Crippen LogP contribution in [0.5, 0.6) is 5.75 Å². The molecule has 4 rings (SSSR count). The molecule has 0 aliphatic carbocycles. The predicted molar refractivity (Wildman–Crippen MR) is 108 cm³/mol. The Labute approximate surface area is 161 Å². The van der Waals surface area contributed by atoms with E-state index in [0.29, 0.717) is 19.0 Å². The van der Waals surface area contributed by atoms with Gasteiger partial charge in [-0.3, -0.25) is 4.57 Å². The maximum Gasteiger partial charge on any atom is 0.326 e. The van der Waals surface area contributed by atoms with E-state index in [1.807, 2.05) is 36.4 Å². The normalized spacial score (nSPS) is 11.2. The Morgan fingerprint density at radius 3 is 2.71 bits per heavy atom. The van der Waals surface area contributed by atoms with Gasteiger partial charge in [0, 0.05) is 31.3 Å². The molecular weight excluding hydrogens is 358 g/mol. The molecule has 144 valence electrons. The Balaban J connectivity index is 1.73. The number of hydrogen-bond donors (Lipinski definition) is 2. The first-order chi connectivity index (χ1) is 13.7. The summed E-state index contributed by atoms with van der Waals surface area (Å²) in [6.07, 6.45) is 2.27. The van der Waals surface area contributed by atoms with Crippen LogP contribution in [0.15, 0.2) is 47.5 Å². The third-order valence-corrected chi connectivity index (χ3v) is 4.61. The number of aromatic amines is 1. The molecule has 8 nitrogen and oxygen atoms in total. The van der Waals surface area contributed by atoms with Gasteiger partial charge in [0.25, 0.3) is 0 Å². The molecule has 0 radical (unpaired) electrons. The van der Waals surface area contributed by atoms with Crippen LogP contribution in [0.4, 0.5) is 11.5 Å². The zero-order valence-corrected chi connectivity index (χ0v) is 15.7. The summed E-state index contributed by atoms with van der Waals surface area (Å²) in [4.78, 5) is 24.0. The minimum absolute atomic E-state index is 0.140. The number of H-pyrrole nitrogens is 1. The topological polar surface area (TPSA) is 94.1 Å². The lowest BCUT2D eigenvalue weighted by molar-refractivity contribution is 0.190. The summed E-state index contributed by atoms with van der Waals surface area (Å²) < 4.78 is 12.0. The number of aryl methyl sites for hydroxylation is 1. The van der Waals surface area contributed by atoms with Crippen LogP contribution in [-0.2, 0) is 11.3 Å². The average molecular weight is 379 g/mol. The molecule has 2 aromatic carbocycles. The molecule has 2 heterocycles. The predicted octanol–water partition coefficient (Wildman–Crippen LogP) is 3.06. The largest absolute Gasteiger partial charge is 0.497 e. The minimum Gasteiger partial charge on any atom is -0.497 e. The number of fused-ring (bicyclic) bond motifs is 2. The van der Waals surface area contributed by atoms with Crippen molar-refractivity contribution in [3.63, 3.8) is 0 Å². The van der Waals surface area contributed by atoms with Gasteiger partial charge in [0.05, 0.1) is 23.7 Å². The number of aromatic nitrogens is 4. The smallest absolute Gasteiger partial charge is 0.326 e. The number of ether oxygens (including phenoxy) is 2. The van der Waals surface area contributed by atoms with Crippen LogP contribution >= 0.6 is 0 Å². The van der Waals surface area contributed by atoms with E-state index >= 15 is 0 Å². The van der Waals surface area contributed by atoms with Gasteiger partial charge >= 0.3 is 5.69 Å². The van der Waals surface area contributed by atoms with Crippen molar-refractivity contribution >= 4 is 33.4 Å². The molecule has 0 unspecified atom stereocenters. The summed E-state index contributed by atoms with van der Waals surface area (Å²) in [5.74, 6) is 1.46. The zero-order valence-electron chi connectivity index (χ0n) is 15.7. The third kappa shape index (κ3) is 3.41. The van der Waals surface area contributed by atoms with Gasteiger partial charge in [-0.1, -0.05) is 0 Å². The molecule has 0 saturated heterocycles. The molecule has 0 amide bonds. The molecular formula is C20H21N5O3. The molecule has 4 aromatic rings. The van der Waals surface area contributed by atoms with Gasteiger partial charge in [-0.25, -0.2) is 14.8 Å². The van der Waals surface area contributed by atoms with E-state index in [1.165, 1.54) is 6.33 Å². The van der Waals surface area contributed by atoms with Crippen molar-refractivity contribution in [1.82, 2.24) is 19.5 Å². The fourth-order valence-electron chi connectivity index (χ4n) is 3.21. The molecule has 0 spiro atoms. The van der Waals surface area contributed by atoms with E-state index in [0.717, 1.165) is 39.8 Å². The molecule has 28 heavy (non-hydrogen) atoms. The van der Waals surface area contributed by atoms with Gasteiger partial charge < -0.3 is 19.8 Å². The first kappa shape index (κ1) is 18.0. The van der Waals surface area contributed by atoms with E-state index < -0.39 is 0 Å². The Bertz CT molecular complexity index is 1160. The van der Waals surface area contributed by atoms with Crippen molar-refractivity contribution in [3.8, 4) is 5.75 Å². The standard InChI is InChI=1S/C20H21N5O3/c1-27-9-3-8-25-18-11-16-15(10-17(18)24-20(25)26)19(22-12-21-16)23-13-4-6-14(28-2)7-5-13/h4-7,10-12H,3,8-9H2,1-2H3,(H,24,26)(H,21,22,23). The SMILES string of the molecule is COCCCn1c(=O)[nH]c2cc3c(Nc4ccc(OC)cc4)ncnc3cc21. The fraction of sp³-hybridized carbons (Fsp3) is 0.250. The van der Waals surface area contributed by atoms with Gasteiger partial charge in [0.15, 0.2) is 0 Å². The fourth-order valence-corrected chi connectivity index (χ4v) is 3.21. The number of nitrogens with one attached hydrogen (secondary N) is 2. The van der Waals surface area contributed by atoms with Crippen molar-refractivity contribution < 1.29 is 9.47 Å². The first-order valence-corrected chi connectivity index (χ1v) is 8.97. The molecule has 0 atom stereocenters. The van der Waals surface area contributed by atoms with E-state index in [4.69, 9.17) is 9.47 Å². The van der Waals surface area contributed by atoms with Crippen LogP contribution in [0.1, 0.15) is 6.42 Å². The molecule has 0 saturated carbocycles. The highest BCUT2D eigenvalue weighted by atomic mass is 16.5. The van der Waals surface area contributed by atoms with E-state index in [-0.39, 0.29) is 5.69 Å². The summed E-state index contributed by atoms with van der Waals surface area (Å²) in [5.41, 5.74) is 3.08. The van der Waals surface area contributed by atoms with Gasteiger partial charge in [-0.15, -0.1) is 0 Å². The lowest BCUT2D eigenvalue weighted by atomic mass is 10.2. The van der Waals surface area contributed by atoms with Crippen LogP contribution in [0, 0.1) is 0 Å². The van der Waals surface area contributed by atoms with Gasteiger partial charge in [-0.05, 0) is 42.8 Å². The first-order valence-electron chi connectivity index (χ1n) is 8.97. The second kappa shape index (κ2) is 7.69. The maximum absolute atomic E-state index is 12.4. The second-order valence-electron chi connectivity index (χ2n) is 6.39. The number of rotatable bonds is 7. The van der Waals surface area contributed by atoms with Crippen LogP contribution in [0.3, 0.4) is 0 Å². The second-order valence-corrected chi connectivity index (χ2v) is 6.39. The van der Waals surface area contributed by atoms with Crippen molar-refractivity contribution in [3.05, 3.63) is 53.2 Å². The summed E-state index contributed by atoms with van der Waals surface area (Å²) in [6.45, 7) is 1.19. The maximum atomic E-state index is 12.4. The van der Waals surface area contributed by atoms with Crippen molar-refractivity contribution in [2.24, 2.45) is 0 Å². The van der Waals surface area contributed by atoms with Crippen LogP contribution in [-0.4, -0.2) is 40.3 Å². The van der Waals surface area contributed by atoms with Gasteiger partial charge in [0.2, 0.25) is 0 Å². The number of methoxy groups -OCH3 is 2. The van der Waals surface area contributed by atoms with E-state index in [1.54, 1.807) is 18.8 Å². The molecule has 0 bridgehead atoms. The molecule has 2 N–H and O–H groups in total. The quantitative estimate of drug-likeness (QED) is 0.479. The molecule has 2 aromatic heterocycles. The Hall–Kier alpha value is -3.39. The summed E-state index contributed by atoms with van der Waals surface area (Å²) >= 11 is 0. The number of anilines is 2. The highest BCUT2D eigenvalue weighted by Crippen LogP contribution is 2.27. The molecule has 0 aliphatic rings. The van der Waals surface area contributed by atoms with Crippen LogP contribution in [0.2, 0.25) is 0 Å². The molecule has 0 fully saturated rings. The van der Waals surface area contributed by atoms with E-state index in [9.17, 15) is 4.79 Å². The van der Waals surface area contributed by atoms with Crippen LogP contribution < -0.4 is 15.7 Å². The zero-order chi connectivity index (χ0) is 19.5. The summed E-state index contributed by atoms with van der Waals surface area (Å²) in [5, 5.41) is 4.13. The summed E-state index contributed by atoms with van der Waals surface area (Å²) in [7, 11) is 3.29. The highest BCUT2D eigenvalue weighted by Gasteiger charge is 2.11. The van der Waals surface area contributed by atoms with Gasteiger partial charge in [-0.2, -0.15) is 0 Å². The average Bonchev–Trinajstić information content (AvgIpc) is 3.02. The number of benzene rings is 2. The highest BCUT2D eigenvalue weighted by molar-refractivity contribution is 5.99. The molecule has 8 heteroatoms. The van der Waals surface area contributed by atoms with Crippen LogP contribution in [0.25, 0.3) is 21.9 Å².